The van der Waals surface area contributed by atoms with Crippen LogP contribution < -0.4 is 5.73 Å². The van der Waals surface area contributed by atoms with Crippen molar-refractivity contribution in [3.8, 4) is 0 Å². The number of carbonyl (C=O) groups is 1. The molecule has 0 saturated heterocycles. The summed E-state index contributed by atoms with van der Waals surface area (Å²) < 4.78 is 23.9. The van der Waals surface area contributed by atoms with Gasteiger partial charge in [0, 0.05) is 16.7 Å². The molecule has 1 aromatic carbocycles. The molecule has 3 atom stereocenters. The van der Waals surface area contributed by atoms with Crippen molar-refractivity contribution in [2.75, 3.05) is 5.75 Å². The Morgan fingerprint density at radius 1 is 1.42 bits per heavy atom. The van der Waals surface area contributed by atoms with Gasteiger partial charge in [-0.3, -0.25) is 4.79 Å². The number of nitrogens with two attached hydrogens (primary N) is 1. The van der Waals surface area contributed by atoms with Gasteiger partial charge in [0.15, 0.2) is 9.84 Å². The molecule has 104 valence electrons. The van der Waals surface area contributed by atoms with Crippen molar-refractivity contribution in [3.05, 3.63) is 34.9 Å². The van der Waals surface area contributed by atoms with Gasteiger partial charge >= 0.3 is 5.97 Å². The van der Waals surface area contributed by atoms with Gasteiger partial charge in [0.1, 0.15) is 5.54 Å². The van der Waals surface area contributed by atoms with Crippen molar-refractivity contribution >= 4 is 27.4 Å². The number of aliphatic carboxylic acids is 1. The van der Waals surface area contributed by atoms with Crippen LogP contribution in [0.5, 0.6) is 0 Å². The number of benzene rings is 1. The van der Waals surface area contributed by atoms with Gasteiger partial charge in [-0.15, -0.1) is 0 Å². The molecule has 19 heavy (non-hydrogen) atoms. The van der Waals surface area contributed by atoms with Crippen LogP contribution in [0.1, 0.15) is 18.4 Å². The highest BCUT2D eigenvalue weighted by Crippen LogP contribution is 2.54. The van der Waals surface area contributed by atoms with Crippen LogP contribution in [0.3, 0.4) is 0 Å². The fourth-order valence-electron chi connectivity index (χ4n) is 2.43. The molecule has 1 aromatic rings. The van der Waals surface area contributed by atoms with E-state index in [9.17, 15) is 18.3 Å². The molecule has 0 heterocycles. The first kappa shape index (κ1) is 14.3. The molecule has 5 nitrogen and oxygen atoms in total. The molecule has 1 aliphatic carbocycles. The highest BCUT2D eigenvalue weighted by Gasteiger charge is 2.73. The van der Waals surface area contributed by atoms with E-state index in [1.807, 2.05) is 0 Å². The Hall–Kier alpha value is -1.11. The Morgan fingerprint density at radius 2 is 1.95 bits per heavy atom. The SMILES string of the molecule is CCS(=O)(=O)[C@H]1[C@@H](c2ccc(Cl)cc2)[C@@]1(N)C(=O)O. The second-order valence-corrected chi connectivity index (χ2v) is 7.49. The zero-order valence-corrected chi connectivity index (χ0v) is 11.8. The van der Waals surface area contributed by atoms with Crippen molar-refractivity contribution in [1.29, 1.82) is 0 Å². The number of hydrogen-bond acceptors (Lipinski definition) is 4. The number of sulfone groups is 1. The zero-order valence-electron chi connectivity index (χ0n) is 10.2. The monoisotopic (exact) mass is 303 g/mol. The van der Waals surface area contributed by atoms with E-state index in [0.29, 0.717) is 10.6 Å². The minimum atomic E-state index is -3.52. The van der Waals surface area contributed by atoms with Crippen LogP contribution in [0.15, 0.2) is 24.3 Å². The van der Waals surface area contributed by atoms with Crippen LogP contribution in [0.25, 0.3) is 0 Å². The summed E-state index contributed by atoms with van der Waals surface area (Å²) in [5, 5.41) is 8.63. The Bertz CT molecular complexity index is 613. The van der Waals surface area contributed by atoms with Crippen molar-refractivity contribution in [2.24, 2.45) is 5.73 Å². The third-order valence-corrected chi connectivity index (χ3v) is 6.06. The molecular weight excluding hydrogens is 290 g/mol. The third-order valence-electron chi connectivity index (χ3n) is 3.57. The van der Waals surface area contributed by atoms with Crippen LogP contribution in [-0.4, -0.2) is 36.0 Å². The molecule has 0 radical (unpaired) electrons. The van der Waals surface area contributed by atoms with Gasteiger partial charge in [0.2, 0.25) is 0 Å². The number of halogens is 1. The molecule has 0 bridgehead atoms. The molecule has 0 spiro atoms. The summed E-state index contributed by atoms with van der Waals surface area (Å²) in [6, 6.07) is 6.41. The van der Waals surface area contributed by atoms with Gasteiger partial charge in [0.05, 0.1) is 5.25 Å². The van der Waals surface area contributed by atoms with E-state index in [1.54, 1.807) is 24.3 Å². The highest BCUT2D eigenvalue weighted by molar-refractivity contribution is 7.92. The summed E-state index contributed by atoms with van der Waals surface area (Å²) in [6.07, 6.45) is 0. The molecular formula is C12H14ClNO4S. The maximum Gasteiger partial charge on any atom is 0.325 e. The third kappa shape index (κ3) is 2.13. The molecule has 0 unspecified atom stereocenters. The predicted molar refractivity (Wildman–Crippen MR) is 72.0 cm³/mol. The maximum atomic E-state index is 12.0. The second-order valence-electron chi connectivity index (χ2n) is 4.64. The van der Waals surface area contributed by atoms with Crippen LogP contribution in [-0.2, 0) is 14.6 Å². The molecule has 7 heteroatoms. The standard InChI is InChI=1S/C12H14ClNO4S/c1-2-19(17,18)10-9(12(10,14)11(15)16)7-3-5-8(13)6-4-7/h3-6,9-10H,2,14H2,1H3,(H,15,16)/t9-,10+,12+/m1/s1. The van der Waals surface area contributed by atoms with E-state index in [2.05, 4.69) is 0 Å². The fourth-order valence-corrected chi connectivity index (χ4v) is 4.48. The topological polar surface area (TPSA) is 97.5 Å². The van der Waals surface area contributed by atoms with E-state index >= 15 is 0 Å². The van der Waals surface area contributed by atoms with E-state index in [-0.39, 0.29) is 5.75 Å². The van der Waals surface area contributed by atoms with Crippen LogP contribution in [0.4, 0.5) is 0 Å². The summed E-state index contributed by atoms with van der Waals surface area (Å²) in [5.41, 5.74) is 4.63. The zero-order chi connectivity index (χ0) is 14.4. The molecule has 0 aliphatic heterocycles. The Morgan fingerprint density at radius 3 is 2.37 bits per heavy atom. The first-order valence-electron chi connectivity index (χ1n) is 5.74. The van der Waals surface area contributed by atoms with E-state index < -0.39 is 32.5 Å². The molecule has 2 rings (SSSR count). The van der Waals surface area contributed by atoms with Crippen molar-refractivity contribution in [2.45, 2.75) is 23.6 Å². The van der Waals surface area contributed by atoms with E-state index in [1.165, 1.54) is 6.92 Å². The Kier molecular flexibility index (Phi) is 3.36. The molecule has 0 amide bonds. The van der Waals surface area contributed by atoms with Crippen molar-refractivity contribution in [3.63, 3.8) is 0 Å². The number of rotatable bonds is 4. The lowest BCUT2D eigenvalue weighted by Crippen LogP contribution is -2.40. The first-order valence-corrected chi connectivity index (χ1v) is 7.83. The second kappa shape index (κ2) is 4.47. The van der Waals surface area contributed by atoms with Gasteiger partial charge in [-0.05, 0) is 17.7 Å². The van der Waals surface area contributed by atoms with Crippen LogP contribution >= 0.6 is 11.6 Å². The summed E-state index contributed by atoms with van der Waals surface area (Å²) in [4.78, 5) is 11.3. The predicted octanol–water partition coefficient (Wildman–Crippen LogP) is 1.02. The van der Waals surface area contributed by atoms with Gasteiger partial charge in [-0.25, -0.2) is 8.42 Å². The van der Waals surface area contributed by atoms with Gasteiger partial charge in [-0.1, -0.05) is 30.7 Å². The summed E-state index contributed by atoms with van der Waals surface area (Å²) in [5.74, 6) is -2.16. The van der Waals surface area contributed by atoms with Crippen molar-refractivity contribution in [1.82, 2.24) is 0 Å². The minimum absolute atomic E-state index is 0.131. The largest absolute Gasteiger partial charge is 0.480 e. The van der Waals surface area contributed by atoms with Gasteiger partial charge < -0.3 is 10.8 Å². The minimum Gasteiger partial charge on any atom is -0.480 e. The average Bonchev–Trinajstić information content (AvgIpc) is 2.99. The summed E-state index contributed by atoms with van der Waals surface area (Å²) in [6.45, 7) is 1.48. The Balaban J connectivity index is 2.45. The van der Waals surface area contributed by atoms with Crippen LogP contribution in [0, 0.1) is 0 Å². The Labute approximate surface area is 116 Å². The highest BCUT2D eigenvalue weighted by atomic mass is 35.5. The summed E-state index contributed by atoms with van der Waals surface area (Å²) >= 11 is 5.76. The molecule has 3 N–H and O–H groups in total. The van der Waals surface area contributed by atoms with Gasteiger partial charge in [-0.2, -0.15) is 0 Å². The van der Waals surface area contributed by atoms with Crippen LogP contribution in [0.2, 0.25) is 5.02 Å². The van der Waals surface area contributed by atoms with Crippen molar-refractivity contribution < 1.29 is 18.3 Å². The average molecular weight is 304 g/mol. The molecule has 1 aliphatic rings. The number of carboxylic acid groups (broad SMARTS) is 1. The lowest BCUT2D eigenvalue weighted by Gasteiger charge is -2.05. The maximum absolute atomic E-state index is 12.0. The normalized spacial score (nSPS) is 30.1. The molecule has 0 aromatic heterocycles. The smallest absolute Gasteiger partial charge is 0.325 e. The fraction of sp³-hybridized carbons (Fsp3) is 0.417. The van der Waals surface area contributed by atoms with E-state index in [4.69, 9.17) is 17.3 Å². The number of carboxylic acids is 1. The molecule has 1 saturated carbocycles. The summed E-state index contributed by atoms with van der Waals surface area (Å²) in [7, 11) is -3.52. The lowest BCUT2D eigenvalue weighted by atomic mass is 10.1. The quantitative estimate of drug-likeness (QED) is 0.865. The first-order chi connectivity index (χ1) is 8.75. The lowest BCUT2D eigenvalue weighted by molar-refractivity contribution is -0.139. The number of hydrogen-bond donors (Lipinski definition) is 2. The molecule has 1 fully saturated rings. The van der Waals surface area contributed by atoms with E-state index in [0.717, 1.165) is 0 Å². The van der Waals surface area contributed by atoms with Gasteiger partial charge in [0.25, 0.3) is 0 Å².